The summed E-state index contributed by atoms with van der Waals surface area (Å²) in [6, 6.07) is 9.47. The highest BCUT2D eigenvalue weighted by Gasteiger charge is 2.52. The van der Waals surface area contributed by atoms with E-state index in [1.807, 2.05) is 38.1 Å². The van der Waals surface area contributed by atoms with Crippen LogP contribution < -0.4 is 9.47 Å². The summed E-state index contributed by atoms with van der Waals surface area (Å²) in [6.07, 6.45) is -1.18. The van der Waals surface area contributed by atoms with Gasteiger partial charge in [0.05, 0.1) is 29.3 Å². The zero-order valence-corrected chi connectivity index (χ0v) is 32.6. The number of hydrogen-bond donors (Lipinski definition) is 0. The quantitative estimate of drug-likeness (QED) is 0.108. The highest BCUT2D eigenvalue weighted by atomic mass is 35.6. The third kappa shape index (κ3) is 9.43. The molecule has 2 amide bonds. The molecule has 14 heteroatoms. The summed E-state index contributed by atoms with van der Waals surface area (Å²) in [7, 11) is 0. The van der Waals surface area contributed by atoms with Gasteiger partial charge in [-0.05, 0) is 108 Å². The van der Waals surface area contributed by atoms with Crippen LogP contribution in [-0.2, 0) is 19.0 Å². The lowest BCUT2D eigenvalue weighted by atomic mass is 9.82. The Labute approximate surface area is 313 Å². The maximum atomic E-state index is 13.8. The fraction of sp³-hybridized carbons (Fsp3) is 0.528. The molecule has 0 saturated carbocycles. The van der Waals surface area contributed by atoms with Crippen molar-refractivity contribution >= 4 is 70.1 Å². The predicted molar refractivity (Wildman–Crippen MR) is 195 cm³/mol. The van der Waals surface area contributed by atoms with Gasteiger partial charge in [-0.3, -0.25) is 4.90 Å². The molecule has 274 valence electrons. The summed E-state index contributed by atoms with van der Waals surface area (Å²) in [5.41, 5.74) is 1.50. The lowest BCUT2D eigenvalue weighted by molar-refractivity contribution is -0.140. The highest BCUT2D eigenvalue weighted by molar-refractivity contribution is 6.68. The molecule has 2 aromatic rings. The first kappa shape index (κ1) is 39.7. The van der Waals surface area contributed by atoms with E-state index in [2.05, 4.69) is 0 Å². The molecule has 0 spiro atoms. The van der Waals surface area contributed by atoms with Crippen LogP contribution >= 0.6 is 46.4 Å². The normalized spacial score (nSPS) is 18.1. The Morgan fingerprint density at radius 2 is 1.48 bits per heavy atom. The number of hydrogen-bond acceptors (Lipinski definition) is 8. The molecule has 1 fully saturated rings. The maximum Gasteiger partial charge on any atom is 0.411 e. The lowest BCUT2D eigenvalue weighted by Gasteiger charge is -2.50. The van der Waals surface area contributed by atoms with E-state index in [9.17, 15) is 14.4 Å². The van der Waals surface area contributed by atoms with E-state index in [1.165, 1.54) is 23.6 Å². The van der Waals surface area contributed by atoms with Gasteiger partial charge < -0.3 is 28.6 Å². The minimum Gasteiger partial charge on any atom is -0.490 e. The number of fused-ring (bicyclic) bond motifs is 2. The van der Waals surface area contributed by atoms with Gasteiger partial charge in [0.15, 0.2) is 5.60 Å². The molecule has 1 saturated heterocycles. The van der Waals surface area contributed by atoms with Crippen molar-refractivity contribution in [2.75, 3.05) is 32.9 Å². The van der Waals surface area contributed by atoms with E-state index in [1.54, 1.807) is 39.8 Å². The molecule has 4 rings (SSSR count). The number of esters is 1. The Morgan fingerprint density at radius 3 is 2.08 bits per heavy atom. The fourth-order valence-electron chi connectivity index (χ4n) is 5.66. The molecule has 2 heterocycles. The van der Waals surface area contributed by atoms with Gasteiger partial charge in [-0.1, -0.05) is 58.5 Å². The van der Waals surface area contributed by atoms with Crippen LogP contribution in [0.15, 0.2) is 42.0 Å². The van der Waals surface area contributed by atoms with Crippen LogP contribution in [-0.4, -0.2) is 87.9 Å². The van der Waals surface area contributed by atoms with Crippen molar-refractivity contribution in [3.05, 3.63) is 63.7 Å². The Balaban J connectivity index is 1.63. The van der Waals surface area contributed by atoms with E-state index >= 15 is 0 Å². The lowest BCUT2D eigenvalue weighted by Crippen LogP contribution is -2.66. The van der Waals surface area contributed by atoms with Crippen molar-refractivity contribution in [3.63, 3.8) is 0 Å². The zero-order valence-electron chi connectivity index (χ0n) is 29.5. The topological polar surface area (TPSA) is 104 Å². The first-order valence-corrected chi connectivity index (χ1v) is 17.8. The predicted octanol–water partition coefficient (Wildman–Crippen LogP) is 8.71. The van der Waals surface area contributed by atoms with E-state index in [0.717, 1.165) is 16.7 Å². The molecule has 2 aromatic carbocycles. The monoisotopic (exact) mass is 772 g/mol. The Morgan fingerprint density at radius 1 is 0.860 bits per heavy atom. The van der Waals surface area contributed by atoms with Crippen LogP contribution in [0.4, 0.5) is 9.59 Å². The zero-order chi connectivity index (χ0) is 37.2. The largest absolute Gasteiger partial charge is 0.490 e. The third-order valence-corrected chi connectivity index (χ3v) is 10.1. The van der Waals surface area contributed by atoms with Gasteiger partial charge >= 0.3 is 18.2 Å². The molecule has 2 aliphatic heterocycles. The van der Waals surface area contributed by atoms with Gasteiger partial charge in [-0.25, -0.2) is 14.4 Å². The van der Waals surface area contributed by atoms with Crippen LogP contribution in [0, 0.1) is 13.8 Å². The van der Waals surface area contributed by atoms with Crippen molar-refractivity contribution in [1.82, 2.24) is 9.80 Å². The summed E-state index contributed by atoms with van der Waals surface area (Å²) in [5.74, 6) is 0.556. The highest BCUT2D eigenvalue weighted by Crippen LogP contribution is 2.44. The second kappa shape index (κ2) is 15.7. The van der Waals surface area contributed by atoms with Gasteiger partial charge in [0.25, 0.3) is 0 Å². The number of carbonyl (C=O) groups is 3. The minimum absolute atomic E-state index is 0.0575. The average molecular weight is 775 g/mol. The van der Waals surface area contributed by atoms with Crippen molar-refractivity contribution in [2.45, 2.75) is 88.9 Å². The van der Waals surface area contributed by atoms with Gasteiger partial charge in [0.2, 0.25) is 3.79 Å². The van der Waals surface area contributed by atoms with Gasteiger partial charge in [0, 0.05) is 13.1 Å². The second-order valence-electron chi connectivity index (χ2n) is 13.7. The van der Waals surface area contributed by atoms with E-state index < -0.39 is 45.2 Å². The molecule has 10 nitrogen and oxygen atoms in total. The molecule has 0 radical (unpaired) electrons. The van der Waals surface area contributed by atoms with E-state index in [4.69, 9.17) is 70.1 Å². The minimum atomic E-state index is -1.94. The summed E-state index contributed by atoms with van der Waals surface area (Å²) in [4.78, 5) is 43.8. The number of nitrogens with zero attached hydrogens (tertiary/aromatic N) is 2. The van der Waals surface area contributed by atoms with Crippen molar-refractivity contribution < 1.29 is 38.1 Å². The molecule has 2 unspecified atom stereocenters. The number of piperazine rings is 1. The van der Waals surface area contributed by atoms with Crippen LogP contribution in [0.25, 0.3) is 5.57 Å². The summed E-state index contributed by atoms with van der Waals surface area (Å²) >= 11 is 24.7. The molecule has 2 atom stereocenters. The average Bonchev–Trinajstić information content (AvgIpc) is 2.99. The second-order valence-corrected chi connectivity index (χ2v) is 16.4. The Bertz CT molecular complexity index is 1620. The summed E-state index contributed by atoms with van der Waals surface area (Å²) in [6.45, 7) is 14.6. The SMILES string of the molecule is CCOC(=O)C1=C(c2ccc(OCCOc3cc(C)c(C)cc3Cl)cc2)CC2CN(C(=O)OC(C)(C)C)CC1N2C(=O)OC(C)(C)C(Cl)(Cl)Cl. The number of carbonyl (C=O) groups excluding carboxylic acids is 3. The van der Waals surface area contributed by atoms with E-state index in [-0.39, 0.29) is 44.9 Å². The molecule has 2 bridgehead atoms. The third-order valence-electron chi connectivity index (χ3n) is 8.40. The van der Waals surface area contributed by atoms with Crippen molar-refractivity contribution in [1.29, 1.82) is 0 Å². The smallest absolute Gasteiger partial charge is 0.411 e. The maximum absolute atomic E-state index is 13.8. The number of ether oxygens (including phenoxy) is 5. The first-order chi connectivity index (χ1) is 23.2. The number of rotatable bonds is 9. The number of benzene rings is 2. The van der Waals surface area contributed by atoms with Gasteiger partial charge in [-0.2, -0.15) is 0 Å². The van der Waals surface area contributed by atoms with Crippen LogP contribution in [0.1, 0.15) is 64.7 Å². The van der Waals surface area contributed by atoms with Crippen molar-refractivity contribution in [3.8, 4) is 11.5 Å². The van der Waals surface area contributed by atoms with Gasteiger partial charge in [0.1, 0.15) is 30.3 Å². The summed E-state index contributed by atoms with van der Waals surface area (Å²) in [5, 5.41) is 0.537. The van der Waals surface area contributed by atoms with E-state index in [0.29, 0.717) is 22.1 Å². The molecule has 2 aliphatic rings. The van der Waals surface area contributed by atoms with Crippen LogP contribution in [0.5, 0.6) is 11.5 Å². The van der Waals surface area contributed by atoms with Crippen LogP contribution in [0.2, 0.25) is 5.02 Å². The Kier molecular flexibility index (Phi) is 12.5. The molecular formula is C36H44Cl4N2O8. The Hall–Kier alpha value is -3.05. The summed E-state index contributed by atoms with van der Waals surface area (Å²) < 4.78 is 26.7. The molecule has 0 N–H and O–H groups in total. The molecule has 50 heavy (non-hydrogen) atoms. The number of halogens is 4. The number of aryl methyl sites for hydroxylation is 2. The standard InChI is InChI=1S/C36H44Cl4N2O8/c1-9-46-31(43)30-26(23-10-12-25(13-11-23)47-14-15-48-29-17-22(3)21(2)16-27(29)37)18-24-19-41(32(44)49-34(4,5)6)20-28(30)42(24)33(45)50-35(7,8)36(38,39)40/h10-13,16-17,24,28H,9,14-15,18-20H2,1-8H3. The van der Waals surface area contributed by atoms with Gasteiger partial charge in [-0.15, -0.1) is 0 Å². The fourth-order valence-corrected chi connectivity index (χ4v) is 6.05. The number of alkyl halides is 3. The van der Waals surface area contributed by atoms with Crippen molar-refractivity contribution in [2.24, 2.45) is 0 Å². The molecule has 0 aliphatic carbocycles. The first-order valence-electron chi connectivity index (χ1n) is 16.3. The molecular weight excluding hydrogens is 730 g/mol. The van der Waals surface area contributed by atoms with Crippen LogP contribution in [0.3, 0.4) is 0 Å². The number of amides is 2. The molecule has 0 aromatic heterocycles.